The van der Waals surface area contributed by atoms with Gasteiger partial charge in [-0.05, 0) is 43.0 Å². The Morgan fingerprint density at radius 1 is 1.32 bits per heavy atom. The molecule has 38 heavy (non-hydrogen) atoms. The number of carbonyl (C=O) groups is 3. The summed E-state index contributed by atoms with van der Waals surface area (Å²) in [6.45, 7) is 11.2. The monoisotopic (exact) mass is 608 g/mol. The molecular formula is C28H34BrClN2O6. The van der Waals surface area contributed by atoms with Crippen molar-refractivity contribution in [1.29, 1.82) is 0 Å². The van der Waals surface area contributed by atoms with E-state index in [0.717, 1.165) is 0 Å². The lowest BCUT2D eigenvalue weighted by molar-refractivity contribution is -0.155. The van der Waals surface area contributed by atoms with Crippen molar-refractivity contribution in [2.75, 3.05) is 24.7 Å². The molecular weight excluding hydrogens is 576 g/mol. The molecule has 206 valence electrons. The predicted octanol–water partition coefficient (Wildman–Crippen LogP) is 3.74. The van der Waals surface area contributed by atoms with Crippen LogP contribution in [0.5, 0.6) is 0 Å². The van der Waals surface area contributed by atoms with Crippen molar-refractivity contribution < 1.29 is 29.0 Å². The van der Waals surface area contributed by atoms with Gasteiger partial charge in [0.25, 0.3) is 5.91 Å². The number of fused-ring (bicyclic) bond motifs is 1. The molecule has 8 nitrogen and oxygen atoms in total. The maximum atomic E-state index is 14.5. The quantitative estimate of drug-likeness (QED) is 0.178. The number of amides is 2. The largest absolute Gasteiger partial charge is 0.465 e. The molecule has 4 rings (SSSR count). The molecule has 2 bridgehead atoms. The fourth-order valence-corrected chi connectivity index (χ4v) is 7.22. The molecule has 0 saturated carbocycles. The molecule has 1 aromatic rings. The summed E-state index contributed by atoms with van der Waals surface area (Å²) in [7, 11) is 0. The van der Waals surface area contributed by atoms with Crippen molar-refractivity contribution >= 4 is 51.0 Å². The molecule has 3 fully saturated rings. The zero-order valence-electron chi connectivity index (χ0n) is 21.6. The van der Waals surface area contributed by atoms with Crippen LogP contribution in [-0.4, -0.2) is 76.2 Å². The third-order valence-electron chi connectivity index (χ3n) is 7.83. The molecule has 0 aromatic heterocycles. The number of halogens is 2. The summed E-state index contributed by atoms with van der Waals surface area (Å²) < 4.78 is 12.0. The van der Waals surface area contributed by atoms with Crippen LogP contribution in [0, 0.1) is 17.8 Å². The minimum absolute atomic E-state index is 0.146. The van der Waals surface area contributed by atoms with Gasteiger partial charge in [0.15, 0.2) is 0 Å². The number of carbonyl (C=O) groups excluding carboxylic acids is 3. The SMILES string of the molecule is C=CCCOC(=O)[C@H]1[C@H]2C(=O)N([C@@H](CO)C(C)C)C(C(=O)N(CC=C)c3ccc(Cl)cc3)C23CC(Br)[C@@H]1O3. The Morgan fingerprint density at radius 2 is 2.00 bits per heavy atom. The number of aliphatic hydroxyl groups is 1. The van der Waals surface area contributed by atoms with E-state index in [2.05, 4.69) is 29.1 Å². The first-order valence-electron chi connectivity index (χ1n) is 12.8. The second-order valence-corrected chi connectivity index (χ2v) is 12.0. The smallest absolute Gasteiger partial charge is 0.312 e. The Balaban J connectivity index is 1.81. The number of rotatable bonds is 11. The van der Waals surface area contributed by atoms with E-state index in [1.54, 1.807) is 36.4 Å². The van der Waals surface area contributed by atoms with Gasteiger partial charge in [0.2, 0.25) is 5.91 Å². The lowest BCUT2D eigenvalue weighted by Gasteiger charge is -2.40. The van der Waals surface area contributed by atoms with Crippen LogP contribution < -0.4 is 4.90 Å². The number of esters is 1. The lowest BCUT2D eigenvalue weighted by Crippen LogP contribution is -2.60. The van der Waals surface area contributed by atoms with Gasteiger partial charge in [-0.3, -0.25) is 14.4 Å². The molecule has 0 aliphatic carbocycles. The first-order valence-corrected chi connectivity index (χ1v) is 14.1. The fourth-order valence-electron chi connectivity index (χ4n) is 6.15. The van der Waals surface area contributed by atoms with Crippen molar-refractivity contribution in [1.82, 2.24) is 4.90 Å². The van der Waals surface area contributed by atoms with E-state index in [1.807, 2.05) is 13.8 Å². The zero-order chi connectivity index (χ0) is 27.8. The molecule has 2 amide bonds. The van der Waals surface area contributed by atoms with E-state index in [9.17, 15) is 19.5 Å². The van der Waals surface area contributed by atoms with Crippen LogP contribution in [-0.2, 0) is 23.9 Å². The van der Waals surface area contributed by atoms with Crippen LogP contribution in [0.15, 0.2) is 49.6 Å². The minimum Gasteiger partial charge on any atom is -0.465 e. The minimum atomic E-state index is -1.26. The van der Waals surface area contributed by atoms with E-state index in [-0.39, 0.29) is 42.3 Å². The number of hydrogen-bond donors (Lipinski definition) is 1. The number of ether oxygens (including phenoxy) is 2. The Hall–Kier alpha value is -2.20. The molecule has 1 N–H and O–H groups in total. The zero-order valence-corrected chi connectivity index (χ0v) is 23.9. The van der Waals surface area contributed by atoms with E-state index < -0.39 is 41.6 Å². The van der Waals surface area contributed by atoms with E-state index in [4.69, 9.17) is 21.1 Å². The highest BCUT2D eigenvalue weighted by atomic mass is 79.9. The summed E-state index contributed by atoms with van der Waals surface area (Å²) in [5, 5.41) is 10.9. The number of likely N-dealkylation sites (tertiary alicyclic amines) is 1. The lowest BCUT2D eigenvalue weighted by atomic mass is 9.70. The van der Waals surface area contributed by atoms with E-state index in [1.165, 1.54) is 9.80 Å². The standard InChI is InChI=1S/C28H34BrClN2O6/c1-5-7-13-37-27(36)21-22-25(34)32(20(15-33)16(3)4)24(28(22)14-19(29)23(21)38-28)26(35)31(12-6-2)18-10-8-17(30)9-11-18/h5-6,8-11,16,19-24,33H,1-2,7,12-15H2,3-4H3/t19?,20-,21-,22-,23-,24?,28?/m0/s1. The Labute approximate surface area is 236 Å². The van der Waals surface area contributed by atoms with Crippen LogP contribution in [0.4, 0.5) is 5.69 Å². The topological polar surface area (TPSA) is 96.4 Å². The molecule has 3 heterocycles. The fraction of sp³-hybridized carbons (Fsp3) is 0.536. The highest BCUT2D eigenvalue weighted by Gasteiger charge is 2.77. The number of nitrogens with zero attached hydrogens (tertiary/aromatic N) is 2. The Morgan fingerprint density at radius 3 is 2.58 bits per heavy atom. The Bertz CT molecular complexity index is 1100. The van der Waals surface area contributed by atoms with E-state index >= 15 is 0 Å². The second kappa shape index (κ2) is 11.5. The summed E-state index contributed by atoms with van der Waals surface area (Å²) in [4.78, 5) is 44.7. The molecule has 3 unspecified atom stereocenters. The average molecular weight is 610 g/mol. The summed E-state index contributed by atoms with van der Waals surface area (Å²) in [5.41, 5.74) is -0.677. The third-order valence-corrected chi connectivity index (χ3v) is 8.93. The van der Waals surface area contributed by atoms with Gasteiger partial charge >= 0.3 is 5.97 Å². The van der Waals surface area contributed by atoms with Gasteiger partial charge in [0.05, 0.1) is 37.2 Å². The van der Waals surface area contributed by atoms with Crippen LogP contribution in [0.3, 0.4) is 0 Å². The van der Waals surface area contributed by atoms with Crippen molar-refractivity contribution in [3.63, 3.8) is 0 Å². The number of alkyl halides is 1. The first-order chi connectivity index (χ1) is 18.1. The molecule has 3 aliphatic heterocycles. The highest BCUT2D eigenvalue weighted by molar-refractivity contribution is 9.09. The van der Waals surface area contributed by atoms with Gasteiger partial charge in [0, 0.05) is 22.1 Å². The maximum absolute atomic E-state index is 14.5. The maximum Gasteiger partial charge on any atom is 0.312 e. The number of hydrogen-bond acceptors (Lipinski definition) is 6. The van der Waals surface area contributed by atoms with Gasteiger partial charge in [-0.1, -0.05) is 53.5 Å². The van der Waals surface area contributed by atoms with Crippen molar-refractivity contribution in [2.24, 2.45) is 17.8 Å². The third kappa shape index (κ3) is 4.72. The van der Waals surface area contributed by atoms with Gasteiger partial charge < -0.3 is 24.4 Å². The molecule has 1 spiro atoms. The normalized spacial score (nSPS) is 30.3. The summed E-state index contributed by atoms with van der Waals surface area (Å²) in [5.74, 6) is -3.22. The van der Waals surface area contributed by atoms with Gasteiger partial charge in [-0.2, -0.15) is 0 Å². The molecule has 7 atom stereocenters. The molecule has 10 heteroatoms. The molecule has 1 aromatic carbocycles. The van der Waals surface area contributed by atoms with Crippen molar-refractivity contribution in [2.45, 2.75) is 55.3 Å². The van der Waals surface area contributed by atoms with Crippen molar-refractivity contribution in [3.8, 4) is 0 Å². The van der Waals surface area contributed by atoms with Gasteiger partial charge in [-0.25, -0.2) is 0 Å². The number of benzene rings is 1. The van der Waals surface area contributed by atoms with Crippen LogP contribution in [0.2, 0.25) is 5.02 Å². The van der Waals surface area contributed by atoms with Crippen LogP contribution in [0.1, 0.15) is 26.7 Å². The predicted molar refractivity (Wildman–Crippen MR) is 148 cm³/mol. The van der Waals surface area contributed by atoms with Gasteiger partial charge in [0.1, 0.15) is 11.6 Å². The number of anilines is 1. The molecule has 3 aliphatic rings. The average Bonchev–Trinajstić information content (AvgIpc) is 3.47. The molecule has 0 radical (unpaired) electrons. The van der Waals surface area contributed by atoms with Gasteiger partial charge in [-0.15, -0.1) is 13.2 Å². The van der Waals surface area contributed by atoms with E-state index in [0.29, 0.717) is 23.6 Å². The Kier molecular flexibility index (Phi) is 8.71. The second-order valence-electron chi connectivity index (χ2n) is 10.4. The summed E-state index contributed by atoms with van der Waals surface area (Å²) >= 11 is 9.74. The van der Waals surface area contributed by atoms with Crippen LogP contribution in [0.25, 0.3) is 0 Å². The van der Waals surface area contributed by atoms with Crippen molar-refractivity contribution in [3.05, 3.63) is 54.6 Å². The highest BCUT2D eigenvalue weighted by Crippen LogP contribution is 2.61. The molecule has 3 saturated heterocycles. The summed E-state index contributed by atoms with van der Waals surface area (Å²) in [6.07, 6.45) is 3.48. The van der Waals surface area contributed by atoms with Crippen LogP contribution >= 0.6 is 27.5 Å². The summed E-state index contributed by atoms with van der Waals surface area (Å²) in [6, 6.07) is 5.11. The first kappa shape index (κ1) is 28.8. The number of aliphatic hydroxyl groups excluding tert-OH is 1.